The third-order valence-electron chi connectivity index (χ3n) is 9.18. The summed E-state index contributed by atoms with van der Waals surface area (Å²) < 4.78 is 0. The first-order valence-electron chi connectivity index (χ1n) is 12.4. The van der Waals surface area contributed by atoms with Crippen LogP contribution in [-0.4, -0.2) is 17.2 Å². The Morgan fingerprint density at radius 1 is 1.07 bits per heavy atom. The summed E-state index contributed by atoms with van der Waals surface area (Å²) in [6, 6.07) is 11.8. The lowest BCUT2D eigenvalue weighted by molar-refractivity contribution is -0.0830. The second-order valence-corrected chi connectivity index (χ2v) is 11.5. The van der Waals surface area contributed by atoms with E-state index < -0.39 is 0 Å². The first-order chi connectivity index (χ1) is 14.5. The van der Waals surface area contributed by atoms with Gasteiger partial charge >= 0.3 is 0 Å². The minimum atomic E-state index is 0.156. The molecule has 162 valence electrons. The lowest BCUT2D eigenvalue weighted by Gasteiger charge is -2.65. The van der Waals surface area contributed by atoms with E-state index in [1.165, 1.54) is 57.8 Å². The molecule has 0 radical (unpaired) electrons. The van der Waals surface area contributed by atoms with Crippen LogP contribution < -0.4 is 5.73 Å². The summed E-state index contributed by atoms with van der Waals surface area (Å²) in [7, 11) is 0. The lowest BCUT2D eigenvalue weighted by Crippen LogP contribution is -2.59. The quantitative estimate of drug-likeness (QED) is 0.436. The predicted molar refractivity (Wildman–Crippen MR) is 130 cm³/mol. The molecule has 2 nitrogen and oxygen atoms in total. The van der Waals surface area contributed by atoms with Crippen molar-refractivity contribution < 1.29 is 0 Å². The van der Waals surface area contributed by atoms with Gasteiger partial charge in [-0.3, -0.25) is 4.99 Å². The van der Waals surface area contributed by atoms with Gasteiger partial charge in [0, 0.05) is 17.7 Å². The minimum absolute atomic E-state index is 0.156. The van der Waals surface area contributed by atoms with Gasteiger partial charge in [0.25, 0.3) is 0 Å². The highest BCUT2D eigenvalue weighted by atomic mass is 32.1. The van der Waals surface area contributed by atoms with E-state index in [-0.39, 0.29) is 5.41 Å². The highest BCUT2D eigenvalue weighted by molar-refractivity contribution is 7.80. The van der Waals surface area contributed by atoms with Crippen LogP contribution in [0.1, 0.15) is 83.1 Å². The molecule has 3 heteroatoms. The van der Waals surface area contributed by atoms with Gasteiger partial charge < -0.3 is 5.73 Å². The fourth-order valence-electron chi connectivity index (χ4n) is 8.03. The normalized spacial score (nSPS) is 42.7. The fraction of sp³-hybridized carbons (Fsp3) is 0.704. The molecule has 1 aromatic rings. The molecule has 0 aliphatic heterocycles. The highest BCUT2D eigenvalue weighted by Gasteiger charge is 2.62. The average Bonchev–Trinajstić information content (AvgIpc) is 2.76. The minimum Gasteiger partial charge on any atom is -0.328 e. The monoisotopic (exact) mass is 422 g/mol. The molecule has 5 aliphatic carbocycles. The van der Waals surface area contributed by atoms with E-state index in [4.69, 9.17) is 22.9 Å². The zero-order valence-electron chi connectivity index (χ0n) is 18.6. The fourth-order valence-corrected chi connectivity index (χ4v) is 8.33. The summed E-state index contributed by atoms with van der Waals surface area (Å²) in [6.45, 7) is 2.36. The number of benzene rings is 1. The molecule has 0 aromatic heterocycles. The van der Waals surface area contributed by atoms with E-state index in [1.807, 2.05) is 0 Å². The van der Waals surface area contributed by atoms with Crippen LogP contribution in [0.15, 0.2) is 35.3 Å². The Morgan fingerprint density at radius 2 is 1.73 bits per heavy atom. The van der Waals surface area contributed by atoms with Crippen LogP contribution in [-0.2, 0) is 5.41 Å². The number of hydrogen-bond donors (Lipinski definition) is 1. The third-order valence-corrected chi connectivity index (χ3v) is 9.72. The summed E-state index contributed by atoms with van der Waals surface area (Å²) >= 11 is 6.12. The number of nitrogens with two attached hydrogens (primary N) is 1. The van der Waals surface area contributed by atoms with Gasteiger partial charge in [0.1, 0.15) is 4.99 Å². The number of hydrogen-bond acceptors (Lipinski definition) is 2. The van der Waals surface area contributed by atoms with Crippen molar-refractivity contribution in [2.24, 2.45) is 39.8 Å². The van der Waals surface area contributed by atoms with Crippen molar-refractivity contribution in [2.75, 3.05) is 0 Å². The number of rotatable bonds is 5. The summed E-state index contributed by atoms with van der Waals surface area (Å²) in [6.07, 6.45) is 16.1. The molecule has 2 atom stereocenters. The molecular formula is C27H38N2S. The van der Waals surface area contributed by atoms with Crippen LogP contribution in [0.5, 0.6) is 0 Å². The number of thiocarbonyl (C=S) groups is 1. The van der Waals surface area contributed by atoms with Crippen molar-refractivity contribution in [3.63, 3.8) is 0 Å². The third kappa shape index (κ3) is 3.60. The lowest BCUT2D eigenvalue weighted by atomic mass is 9.40. The summed E-state index contributed by atoms with van der Waals surface area (Å²) in [4.78, 5) is 6.05. The van der Waals surface area contributed by atoms with Crippen molar-refractivity contribution in [1.82, 2.24) is 0 Å². The van der Waals surface area contributed by atoms with E-state index >= 15 is 0 Å². The Hall–Kier alpha value is -1.06. The Bertz CT molecular complexity index is 776. The standard InChI is InChI=1S/C27H38N2S/c1-2-6-24-20-13-26(22-7-4-3-5-8-22)14-21(24)16-27(15-20,18-26)25(30)29-17-19-9-11-23(28)12-10-19/h3-5,7-8,17,19-21,23-24H,2,6,9-16,18,28H2,1H3. The Kier molecular flexibility index (Phi) is 5.64. The van der Waals surface area contributed by atoms with Gasteiger partial charge in [0.15, 0.2) is 0 Å². The molecule has 1 aromatic carbocycles. The maximum Gasteiger partial charge on any atom is 0.109 e. The zero-order chi connectivity index (χ0) is 20.8. The van der Waals surface area contributed by atoms with Crippen molar-refractivity contribution in [1.29, 1.82) is 0 Å². The first kappa shape index (κ1) is 20.8. The van der Waals surface area contributed by atoms with Crippen molar-refractivity contribution in [3.05, 3.63) is 35.9 Å². The van der Waals surface area contributed by atoms with Crippen molar-refractivity contribution in [2.45, 2.75) is 89.0 Å². The van der Waals surface area contributed by atoms with Crippen LogP contribution in [0.3, 0.4) is 0 Å². The first-order valence-corrected chi connectivity index (χ1v) is 12.8. The molecule has 2 N–H and O–H groups in total. The van der Waals surface area contributed by atoms with Gasteiger partial charge in [-0.05, 0) is 92.4 Å². The summed E-state index contributed by atoms with van der Waals surface area (Å²) in [5, 5.41) is 0. The Balaban J connectivity index is 1.41. The van der Waals surface area contributed by atoms with Gasteiger partial charge in [-0.2, -0.15) is 0 Å². The van der Waals surface area contributed by atoms with Crippen LogP contribution >= 0.6 is 12.2 Å². The highest BCUT2D eigenvalue weighted by Crippen LogP contribution is 2.68. The van der Waals surface area contributed by atoms with Crippen LogP contribution in [0, 0.1) is 29.1 Å². The maximum atomic E-state index is 6.12. The van der Waals surface area contributed by atoms with Gasteiger partial charge in [0.05, 0.1) is 0 Å². The maximum absolute atomic E-state index is 6.12. The number of nitrogens with zero attached hydrogens (tertiary/aromatic N) is 1. The molecule has 4 bridgehead atoms. The van der Waals surface area contributed by atoms with E-state index in [0.29, 0.717) is 17.4 Å². The van der Waals surface area contributed by atoms with Gasteiger partial charge in [-0.25, -0.2) is 0 Å². The van der Waals surface area contributed by atoms with Crippen LogP contribution in [0.4, 0.5) is 0 Å². The largest absolute Gasteiger partial charge is 0.328 e. The topological polar surface area (TPSA) is 38.4 Å². The van der Waals surface area contributed by atoms with Crippen molar-refractivity contribution >= 4 is 23.4 Å². The molecule has 5 aliphatic rings. The molecule has 6 rings (SSSR count). The average molecular weight is 423 g/mol. The molecule has 30 heavy (non-hydrogen) atoms. The van der Waals surface area contributed by atoms with Crippen molar-refractivity contribution in [3.8, 4) is 0 Å². The SMILES string of the molecule is CCCC1C2CC3(C(=S)N=CC4CCC(N)CC4)CC1CC(c1ccccc1)(C2)C3. The predicted octanol–water partition coefficient (Wildman–Crippen LogP) is 6.47. The summed E-state index contributed by atoms with van der Waals surface area (Å²) in [5.41, 5.74) is 8.14. The van der Waals surface area contributed by atoms with Gasteiger partial charge in [0.2, 0.25) is 0 Å². The van der Waals surface area contributed by atoms with Crippen LogP contribution in [0.25, 0.3) is 0 Å². The molecule has 0 spiro atoms. The zero-order valence-corrected chi connectivity index (χ0v) is 19.4. The molecule has 2 unspecified atom stereocenters. The molecule has 0 saturated heterocycles. The second kappa shape index (κ2) is 8.13. The molecule has 0 heterocycles. The Morgan fingerprint density at radius 3 is 2.37 bits per heavy atom. The van der Waals surface area contributed by atoms with E-state index in [2.05, 4.69) is 43.5 Å². The van der Waals surface area contributed by atoms with Gasteiger partial charge in [-0.15, -0.1) is 0 Å². The summed E-state index contributed by atoms with van der Waals surface area (Å²) in [5.74, 6) is 3.14. The smallest absolute Gasteiger partial charge is 0.109 e. The second-order valence-electron chi connectivity index (χ2n) is 11.2. The van der Waals surface area contributed by atoms with E-state index in [1.54, 1.807) is 5.56 Å². The molecular weight excluding hydrogens is 384 g/mol. The molecule has 5 fully saturated rings. The van der Waals surface area contributed by atoms with Crippen LogP contribution in [0.2, 0.25) is 0 Å². The Labute approximate surface area is 188 Å². The van der Waals surface area contributed by atoms with E-state index in [0.717, 1.165) is 35.6 Å². The van der Waals surface area contributed by atoms with E-state index in [9.17, 15) is 0 Å². The molecule has 0 amide bonds. The number of aliphatic imine (C=N–C) groups is 1. The molecule has 5 saturated carbocycles. The van der Waals surface area contributed by atoms with Gasteiger partial charge in [-0.1, -0.05) is 62.3 Å².